The van der Waals surface area contributed by atoms with E-state index < -0.39 is 10.8 Å². The maximum Gasteiger partial charge on any atom is 0.273 e. The molecule has 0 aliphatic rings. The number of nitro benzene ring substituents is 1. The standard InChI is InChI=1S/C19H18N4O3/c1-13-3-6-15(7-4-13)12-22-10-9-18(21-22)20-19(24)16-8-5-14(2)17(11-16)23(25)26/h3-11H,12H2,1-2H3,(H,20,21,24). The van der Waals surface area contributed by atoms with E-state index in [0.29, 0.717) is 17.9 Å². The molecule has 1 aromatic heterocycles. The van der Waals surface area contributed by atoms with Gasteiger partial charge in [0.25, 0.3) is 11.6 Å². The Morgan fingerprint density at radius 3 is 2.58 bits per heavy atom. The molecule has 132 valence electrons. The van der Waals surface area contributed by atoms with Crippen molar-refractivity contribution in [1.82, 2.24) is 9.78 Å². The number of benzene rings is 2. The number of hydrogen-bond donors (Lipinski definition) is 1. The van der Waals surface area contributed by atoms with E-state index in [-0.39, 0.29) is 11.3 Å². The first-order chi connectivity index (χ1) is 12.4. The van der Waals surface area contributed by atoms with Crippen molar-refractivity contribution >= 4 is 17.4 Å². The maximum absolute atomic E-state index is 12.3. The van der Waals surface area contributed by atoms with Gasteiger partial charge in [0.2, 0.25) is 0 Å². The van der Waals surface area contributed by atoms with E-state index in [2.05, 4.69) is 10.4 Å². The Morgan fingerprint density at radius 2 is 1.88 bits per heavy atom. The smallest absolute Gasteiger partial charge is 0.273 e. The molecule has 3 rings (SSSR count). The molecule has 0 radical (unpaired) electrons. The minimum atomic E-state index is -0.498. The second-order valence-corrected chi connectivity index (χ2v) is 6.10. The average molecular weight is 350 g/mol. The van der Waals surface area contributed by atoms with E-state index in [0.717, 1.165) is 5.56 Å². The molecule has 0 fully saturated rings. The monoisotopic (exact) mass is 350 g/mol. The molecule has 1 N–H and O–H groups in total. The number of rotatable bonds is 5. The summed E-state index contributed by atoms with van der Waals surface area (Å²) < 4.78 is 1.72. The zero-order valence-electron chi connectivity index (χ0n) is 14.5. The molecule has 0 spiro atoms. The molecule has 7 heteroatoms. The third kappa shape index (κ3) is 3.94. The van der Waals surface area contributed by atoms with Gasteiger partial charge in [-0.1, -0.05) is 35.9 Å². The molecular weight excluding hydrogens is 332 g/mol. The maximum atomic E-state index is 12.3. The van der Waals surface area contributed by atoms with Gasteiger partial charge >= 0.3 is 0 Å². The predicted molar refractivity (Wildman–Crippen MR) is 98.3 cm³/mol. The number of carbonyl (C=O) groups is 1. The molecule has 0 saturated heterocycles. The van der Waals surface area contributed by atoms with Crippen molar-refractivity contribution < 1.29 is 9.72 Å². The van der Waals surface area contributed by atoms with E-state index >= 15 is 0 Å². The summed E-state index contributed by atoms with van der Waals surface area (Å²) in [5, 5.41) is 18.0. The van der Waals surface area contributed by atoms with Crippen molar-refractivity contribution in [2.24, 2.45) is 0 Å². The molecular formula is C19H18N4O3. The van der Waals surface area contributed by atoms with Gasteiger partial charge in [-0.05, 0) is 25.5 Å². The fourth-order valence-corrected chi connectivity index (χ4v) is 2.53. The first kappa shape index (κ1) is 17.3. The van der Waals surface area contributed by atoms with Crippen molar-refractivity contribution in [3.05, 3.63) is 87.1 Å². The highest BCUT2D eigenvalue weighted by atomic mass is 16.6. The second-order valence-electron chi connectivity index (χ2n) is 6.10. The normalized spacial score (nSPS) is 10.5. The fourth-order valence-electron chi connectivity index (χ4n) is 2.53. The largest absolute Gasteiger partial charge is 0.305 e. The number of nitrogens with one attached hydrogen (secondary N) is 1. The van der Waals surface area contributed by atoms with Crippen LogP contribution >= 0.6 is 0 Å². The number of carbonyl (C=O) groups excluding carboxylic acids is 1. The fraction of sp³-hybridized carbons (Fsp3) is 0.158. The lowest BCUT2D eigenvalue weighted by Gasteiger charge is -2.04. The average Bonchev–Trinajstić information content (AvgIpc) is 3.04. The quantitative estimate of drug-likeness (QED) is 0.561. The summed E-state index contributed by atoms with van der Waals surface area (Å²) in [4.78, 5) is 22.8. The van der Waals surface area contributed by atoms with Crippen LogP contribution in [0.5, 0.6) is 0 Å². The molecule has 7 nitrogen and oxygen atoms in total. The molecule has 0 bridgehead atoms. The van der Waals surface area contributed by atoms with Crippen molar-refractivity contribution in [3.8, 4) is 0 Å². The number of aromatic nitrogens is 2. The minimum Gasteiger partial charge on any atom is -0.305 e. The first-order valence-electron chi connectivity index (χ1n) is 8.08. The van der Waals surface area contributed by atoms with E-state index in [9.17, 15) is 14.9 Å². The number of aryl methyl sites for hydroxylation is 2. The summed E-state index contributed by atoms with van der Waals surface area (Å²) in [6, 6.07) is 14.2. The molecule has 0 atom stereocenters. The summed E-state index contributed by atoms with van der Waals surface area (Å²) in [5.74, 6) is -0.0426. The van der Waals surface area contributed by atoms with Gasteiger partial charge in [-0.25, -0.2) is 0 Å². The lowest BCUT2D eigenvalue weighted by atomic mass is 10.1. The van der Waals surface area contributed by atoms with Crippen LogP contribution in [0.3, 0.4) is 0 Å². The summed E-state index contributed by atoms with van der Waals surface area (Å²) in [6.45, 7) is 4.25. The number of nitro groups is 1. The number of amides is 1. The minimum absolute atomic E-state index is 0.0810. The van der Waals surface area contributed by atoms with Gasteiger partial charge in [-0.3, -0.25) is 19.6 Å². The van der Waals surface area contributed by atoms with Gasteiger partial charge in [0.15, 0.2) is 5.82 Å². The number of hydrogen-bond acceptors (Lipinski definition) is 4. The zero-order chi connectivity index (χ0) is 18.7. The van der Waals surface area contributed by atoms with Gasteiger partial charge in [0, 0.05) is 29.5 Å². The molecule has 1 amide bonds. The van der Waals surface area contributed by atoms with Crippen LogP contribution in [0, 0.1) is 24.0 Å². The van der Waals surface area contributed by atoms with Crippen LogP contribution in [0.2, 0.25) is 0 Å². The Morgan fingerprint density at radius 1 is 1.15 bits per heavy atom. The van der Waals surface area contributed by atoms with Crippen molar-refractivity contribution in [1.29, 1.82) is 0 Å². The second kappa shape index (κ2) is 7.18. The molecule has 0 aliphatic heterocycles. The lowest BCUT2D eigenvalue weighted by Crippen LogP contribution is -2.13. The van der Waals surface area contributed by atoms with Crippen molar-refractivity contribution in [3.63, 3.8) is 0 Å². The predicted octanol–water partition coefficient (Wildman–Crippen LogP) is 3.71. The summed E-state index contributed by atoms with van der Waals surface area (Å²) in [5.41, 5.74) is 2.94. The van der Waals surface area contributed by atoms with E-state index in [4.69, 9.17) is 0 Å². The highest BCUT2D eigenvalue weighted by Crippen LogP contribution is 2.20. The SMILES string of the molecule is Cc1ccc(Cn2ccc(NC(=O)c3ccc(C)c([N+](=O)[O-])c3)n2)cc1. The number of anilines is 1. The van der Waals surface area contributed by atoms with Gasteiger partial charge in [0.05, 0.1) is 11.5 Å². The van der Waals surface area contributed by atoms with Crippen LogP contribution in [0.1, 0.15) is 27.0 Å². The highest BCUT2D eigenvalue weighted by Gasteiger charge is 2.15. The van der Waals surface area contributed by atoms with Gasteiger partial charge < -0.3 is 5.32 Å². The topological polar surface area (TPSA) is 90.1 Å². The first-order valence-corrected chi connectivity index (χ1v) is 8.08. The van der Waals surface area contributed by atoms with Crippen molar-refractivity contribution in [2.75, 3.05) is 5.32 Å². The van der Waals surface area contributed by atoms with Crippen molar-refractivity contribution in [2.45, 2.75) is 20.4 Å². The third-order valence-electron chi connectivity index (χ3n) is 4.02. The van der Waals surface area contributed by atoms with Crippen LogP contribution in [0.4, 0.5) is 11.5 Å². The highest BCUT2D eigenvalue weighted by molar-refractivity contribution is 6.04. The Labute approximate surface area is 150 Å². The van der Waals surface area contributed by atoms with Crippen LogP contribution in [0.25, 0.3) is 0 Å². The summed E-state index contributed by atoms with van der Waals surface area (Å²) in [6.07, 6.45) is 1.77. The van der Waals surface area contributed by atoms with Crippen LogP contribution < -0.4 is 5.32 Å². The van der Waals surface area contributed by atoms with E-state index in [1.54, 1.807) is 36.0 Å². The van der Waals surface area contributed by atoms with Gasteiger partial charge in [-0.15, -0.1) is 0 Å². The molecule has 26 heavy (non-hydrogen) atoms. The summed E-state index contributed by atoms with van der Waals surface area (Å²) in [7, 11) is 0. The molecule has 2 aromatic carbocycles. The summed E-state index contributed by atoms with van der Waals surface area (Å²) >= 11 is 0. The van der Waals surface area contributed by atoms with Crippen LogP contribution in [0.15, 0.2) is 54.7 Å². The molecule has 1 heterocycles. The molecule has 3 aromatic rings. The van der Waals surface area contributed by atoms with Gasteiger partial charge in [-0.2, -0.15) is 5.10 Å². The molecule has 0 unspecified atom stereocenters. The Hall–Kier alpha value is -3.48. The van der Waals surface area contributed by atoms with Gasteiger partial charge in [0.1, 0.15) is 0 Å². The molecule has 0 saturated carbocycles. The zero-order valence-corrected chi connectivity index (χ0v) is 14.5. The van der Waals surface area contributed by atoms with Crippen LogP contribution in [-0.2, 0) is 6.54 Å². The Kier molecular flexibility index (Phi) is 4.79. The van der Waals surface area contributed by atoms with Crippen LogP contribution in [-0.4, -0.2) is 20.6 Å². The lowest BCUT2D eigenvalue weighted by molar-refractivity contribution is -0.385. The van der Waals surface area contributed by atoms with E-state index in [1.165, 1.54) is 11.6 Å². The molecule has 0 aliphatic carbocycles. The van der Waals surface area contributed by atoms with E-state index in [1.807, 2.05) is 31.2 Å². The Bertz CT molecular complexity index is 961. The Balaban J connectivity index is 1.70. The third-order valence-corrected chi connectivity index (χ3v) is 4.02. The number of nitrogens with zero attached hydrogens (tertiary/aromatic N) is 3.